The first kappa shape index (κ1) is 50.7. The van der Waals surface area contributed by atoms with Gasteiger partial charge in [0.1, 0.15) is 23.0 Å². The molecule has 1 aliphatic rings. The van der Waals surface area contributed by atoms with Crippen molar-refractivity contribution in [2.45, 2.75) is 103 Å². The number of benzene rings is 6. The summed E-state index contributed by atoms with van der Waals surface area (Å²) in [7, 11) is 0. The average Bonchev–Trinajstić information content (AvgIpc) is 3.37. The zero-order valence-corrected chi connectivity index (χ0v) is 40.5. The number of carbonyl (C=O) groups is 4. The van der Waals surface area contributed by atoms with E-state index in [9.17, 15) is 19.2 Å². The highest BCUT2D eigenvalue weighted by Gasteiger charge is 2.58. The molecule has 0 aromatic heterocycles. The third-order valence-electron chi connectivity index (χ3n) is 12.9. The van der Waals surface area contributed by atoms with Crippen LogP contribution in [0, 0.1) is 11.8 Å². The summed E-state index contributed by atoms with van der Waals surface area (Å²) in [6, 6.07) is 46.4. The minimum Gasteiger partial charge on any atom is -0.494 e. The number of esters is 2. The number of nitrogens with one attached hydrogen (secondary N) is 2. The molecule has 2 N–H and O–H groups in total. The van der Waals surface area contributed by atoms with E-state index < -0.39 is 35.6 Å². The lowest BCUT2D eigenvalue weighted by Crippen LogP contribution is -2.53. The molecule has 10 heteroatoms. The number of unbranched alkanes of at least 4 members (excludes halogenated alkanes) is 10. The Labute approximate surface area is 413 Å². The average molecular weight is 943 g/mol. The fourth-order valence-corrected chi connectivity index (χ4v) is 9.09. The normalized spacial score (nSPS) is 16.0. The number of anilines is 2. The van der Waals surface area contributed by atoms with E-state index in [0.717, 1.165) is 48.3 Å². The first-order valence-electron chi connectivity index (χ1n) is 25.1. The Balaban J connectivity index is 1.14. The van der Waals surface area contributed by atoms with E-state index in [0.29, 0.717) is 47.2 Å². The van der Waals surface area contributed by atoms with Gasteiger partial charge in [0.15, 0.2) is 0 Å². The number of rotatable bonds is 26. The number of carbonyl (C=O) groups excluding carboxylic acids is 4. The van der Waals surface area contributed by atoms with E-state index >= 15 is 0 Å². The molecule has 7 rings (SSSR count). The second-order valence-electron chi connectivity index (χ2n) is 18.0. The Hall–Kier alpha value is -7.20. The smallest absolute Gasteiger partial charge is 0.343 e. The van der Waals surface area contributed by atoms with Crippen molar-refractivity contribution in [2.75, 3.05) is 23.8 Å². The summed E-state index contributed by atoms with van der Waals surface area (Å²) in [6.45, 7) is 5.64. The summed E-state index contributed by atoms with van der Waals surface area (Å²) in [5, 5.41) is 6.23. The van der Waals surface area contributed by atoms with E-state index in [1.165, 1.54) is 51.4 Å². The van der Waals surface area contributed by atoms with Gasteiger partial charge in [-0.2, -0.15) is 0 Å². The van der Waals surface area contributed by atoms with Crippen molar-refractivity contribution in [3.05, 3.63) is 180 Å². The Morgan fingerprint density at radius 3 is 1.09 bits per heavy atom. The van der Waals surface area contributed by atoms with Crippen molar-refractivity contribution in [3.63, 3.8) is 0 Å². The first-order valence-corrected chi connectivity index (χ1v) is 25.1. The molecule has 70 heavy (non-hydrogen) atoms. The summed E-state index contributed by atoms with van der Waals surface area (Å²) < 4.78 is 23.4. The van der Waals surface area contributed by atoms with Crippen LogP contribution in [0.15, 0.2) is 158 Å². The number of hydrogen-bond donors (Lipinski definition) is 2. The summed E-state index contributed by atoms with van der Waals surface area (Å²) in [5.74, 6) is -1.71. The van der Waals surface area contributed by atoms with Crippen LogP contribution < -0.4 is 29.6 Å². The lowest BCUT2D eigenvalue weighted by atomic mass is 9.52. The van der Waals surface area contributed by atoms with Gasteiger partial charge >= 0.3 is 11.9 Å². The van der Waals surface area contributed by atoms with Gasteiger partial charge in [-0.25, -0.2) is 9.59 Å². The van der Waals surface area contributed by atoms with Crippen LogP contribution in [0.5, 0.6) is 23.0 Å². The second-order valence-corrected chi connectivity index (χ2v) is 18.0. The molecule has 0 bridgehead atoms. The van der Waals surface area contributed by atoms with E-state index in [2.05, 4.69) is 24.5 Å². The Morgan fingerprint density at radius 2 is 0.729 bits per heavy atom. The fourth-order valence-electron chi connectivity index (χ4n) is 9.09. The Kier molecular flexibility index (Phi) is 19.2. The summed E-state index contributed by atoms with van der Waals surface area (Å²) >= 11 is 0. The SMILES string of the molecule is CCCCCCCCOc1ccc(C2C(C(=O)Nc3ccc(C(=O)Oc4ccccc4)cc3)C(c3ccc(OCCCCCCCC)cc3)C2C(=O)Nc2ccc(C(=O)Oc3ccccc3)cc2)cc1. The topological polar surface area (TPSA) is 129 Å². The molecule has 0 radical (unpaired) electrons. The van der Waals surface area contributed by atoms with E-state index in [1.807, 2.05) is 60.7 Å². The molecule has 0 unspecified atom stereocenters. The molecule has 10 nitrogen and oxygen atoms in total. The fraction of sp³-hybridized carbons (Fsp3) is 0.333. The van der Waals surface area contributed by atoms with Crippen LogP contribution >= 0.6 is 0 Å². The molecule has 0 saturated heterocycles. The molecule has 6 aromatic rings. The van der Waals surface area contributed by atoms with Crippen LogP contribution in [0.4, 0.5) is 11.4 Å². The summed E-state index contributed by atoms with van der Waals surface area (Å²) in [5.41, 5.74) is 3.29. The number of ether oxygens (including phenoxy) is 4. The summed E-state index contributed by atoms with van der Waals surface area (Å²) in [6.07, 6.45) is 13.9. The predicted molar refractivity (Wildman–Crippen MR) is 276 cm³/mol. The molecule has 1 aliphatic carbocycles. The largest absolute Gasteiger partial charge is 0.494 e. The lowest BCUT2D eigenvalue weighted by Gasteiger charge is -2.50. The van der Waals surface area contributed by atoms with Crippen molar-refractivity contribution >= 4 is 35.1 Å². The highest BCUT2D eigenvalue weighted by Crippen LogP contribution is 2.58. The maximum Gasteiger partial charge on any atom is 0.343 e. The number of para-hydroxylation sites is 2. The molecular weight excluding hydrogens is 877 g/mol. The standard InChI is InChI=1S/C60H66N2O8/c1-3-5-7-9-11-19-41-67-49-37-29-43(30-38-49)53-55(57(63)61-47-33-25-45(26-34-47)59(65)69-51-21-15-13-16-22-51)54(44-31-39-50(40-32-44)68-42-20-12-10-8-6-4-2)56(53)58(64)62-48-35-27-46(28-36-48)60(66)70-52-23-17-14-18-24-52/h13-18,21-40,53-56H,3-12,19-20,41-42H2,1-2H3,(H,61,63)(H,62,64). The van der Waals surface area contributed by atoms with Crippen molar-refractivity contribution in [1.29, 1.82) is 0 Å². The van der Waals surface area contributed by atoms with Gasteiger partial charge in [0.25, 0.3) is 0 Å². The Morgan fingerprint density at radius 1 is 0.386 bits per heavy atom. The van der Waals surface area contributed by atoms with Gasteiger partial charge in [0, 0.05) is 23.2 Å². The van der Waals surface area contributed by atoms with Crippen molar-refractivity contribution in [1.82, 2.24) is 0 Å². The van der Waals surface area contributed by atoms with Crippen LogP contribution in [0.1, 0.15) is 135 Å². The maximum atomic E-state index is 14.8. The minimum absolute atomic E-state index is 0.272. The maximum absolute atomic E-state index is 14.8. The second kappa shape index (κ2) is 26.5. The molecule has 364 valence electrons. The molecular formula is C60H66N2O8. The van der Waals surface area contributed by atoms with E-state index in [-0.39, 0.29) is 11.8 Å². The van der Waals surface area contributed by atoms with Crippen molar-refractivity contribution in [2.24, 2.45) is 11.8 Å². The van der Waals surface area contributed by atoms with Gasteiger partial charge in [-0.15, -0.1) is 0 Å². The molecule has 2 amide bonds. The quantitative estimate of drug-likeness (QED) is 0.0312. The van der Waals surface area contributed by atoms with Gasteiger partial charge < -0.3 is 29.6 Å². The van der Waals surface area contributed by atoms with Crippen LogP contribution in [0.2, 0.25) is 0 Å². The van der Waals surface area contributed by atoms with E-state index in [4.69, 9.17) is 18.9 Å². The van der Waals surface area contributed by atoms with Gasteiger partial charge in [-0.1, -0.05) is 139 Å². The van der Waals surface area contributed by atoms with Crippen LogP contribution in [-0.4, -0.2) is 37.0 Å². The molecule has 0 spiro atoms. The summed E-state index contributed by atoms with van der Waals surface area (Å²) in [4.78, 5) is 55.6. The van der Waals surface area contributed by atoms with Gasteiger partial charge in [0.05, 0.1) is 36.2 Å². The predicted octanol–water partition coefficient (Wildman–Crippen LogP) is 14.0. The zero-order chi connectivity index (χ0) is 48.9. The monoisotopic (exact) mass is 942 g/mol. The number of amides is 2. The molecule has 6 aromatic carbocycles. The molecule has 1 fully saturated rings. The minimum atomic E-state index is -0.682. The zero-order valence-electron chi connectivity index (χ0n) is 40.5. The van der Waals surface area contributed by atoms with Crippen LogP contribution in [0.25, 0.3) is 0 Å². The molecule has 1 saturated carbocycles. The lowest BCUT2D eigenvalue weighted by molar-refractivity contribution is -0.134. The van der Waals surface area contributed by atoms with Gasteiger partial charge in [-0.3, -0.25) is 9.59 Å². The number of hydrogen-bond acceptors (Lipinski definition) is 8. The first-order chi connectivity index (χ1) is 34.3. The third kappa shape index (κ3) is 14.4. The van der Waals surface area contributed by atoms with Crippen molar-refractivity contribution in [3.8, 4) is 23.0 Å². The Bertz CT molecular complexity index is 2360. The van der Waals surface area contributed by atoms with Crippen LogP contribution in [0.3, 0.4) is 0 Å². The highest BCUT2D eigenvalue weighted by atomic mass is 16.5. The van der Waals surface area contributed by atoms with Gasteiger partial charge in [-0.05, 0) is 121 Å². The van der Waals surface area contributed by atoms with E-state index in [1.54, 1.807) is 97.1 Å². The molecule has 0 heterocycles. The highest BCUT2D eigenvalue weighted by molar-refractivity contribution is 6.01. The van der Waals surface area contributed by atoms with Crippen molar-refractivity contribution < 1.29 is 38.1 Å². The molecule has 0 aliphatic heterocycles. The third-order valence-corrected chi connectivity index (χ3v) is 12.9. The van der Waals surface area contributed by atoms with Gasteiger partial charge in [0.2, 0.25) is 11.8 Å². The van der Waals surface area contributed by atoms with Crippen LogP contribution in [-0.2, 0) is 9.59 Å². The molecule has 0 atom stereocenters.